The average Bonchev–Trinajstić information content (AvgIpc) is 3.84. The van der Waals surface area contributed by atoms with Gasteiger partial charge in [-0.2, -0.15) is 0 Å². The van der Waals surface area contributed by atoms with Crippen LogP contribution in [0.3, 0.4) is 0 Å². The van der Waals surface area contributed by atoms with Crippen molar-refractivity contribution in [3.05, 3.63) is 34.8 Å². The molecule has 15 nitrogen and oxygen atoms in total. The summed E-state index contributed by atoms with van der Waals surface area (Å²) in [7, 11) is 0. The van der Waals surface area contributed by atoms with E-state index in [4.69, 9.17) is 14.2 Å². The van der Waals surface area contributed by atoms with Gasteiger partial charge in [0, 0.05) is 38.9 Å². The van der Waals surface area contributed by atoms with Gasteiger partial charge in [-0.15, -0.1) is 0 Å². The number of aromatic amines is 1. The van der Waals surface area contributed by atoms with Gasteiger partial charge < -0.3 is 34.5 Å². The molecule has 3 amide bonds. The number of aromatic nitrogens is 4. The number of H-pyrrole nitrogens is 1. The second kappa shape index (κ2) is 11.7. The van der Waals surface area contributed by atoms with E-state index in [1.807, 2.05) is 0 Å². The van der Waals surface area contributed by atoms with Crippen molar-refractivity contribution >= 4 is 40.8 Å². The monoisotopic (exact) mass is 696 g/mol. The number of aliphatic hydroxyl groups excluding tert-OH is 1. The van der Waals surface area contributed by atoms with Crippen LogP contribution < -0.4 is 15.0 Å². The van der Waals surface area contributed by atoms with Gasteiger partial charge in [0.15, 0.2) is 29.9 Å². The minimum Gasteiger partial charge on any atom is -0.465 e. The molecule has 1 aliphatic carbocycles. The normalized spacial score (nSPS) is 23.6. The molecular weight excluding hydrogens is 658 g/mol. The summed E-state index contributed by atoms with van der Waals surface area (Å²) < 4.78 is 48.6. The zero-order chi connectivity index (χ0) is 35.1. The number of halogens is 2. The van der Waals surface area contributed by atoms with Crippen LogP contribution >= 0.6 is 0 Å². The Kier molecular flexibility index (Phi) is 7.63. The van der Waals surface area contributed by atoms with E-state index < -0.39 is 47.2 Å². The van der Waals surface area contributed by atoms with E-state index in [9.17, 15) is 19.5 Å². The SMILES string of the molecule is CC(C)(C)OC(=O)N1C[C@H](O)C[C@H]1c1nc2c(F)c3c(c(F)c2[nH]1)CC(CN1CCC2(CC1)CN(c1cnc4c(n1)NC(=O)CO4)C(=O)O2)C3. The molecule has 3 atom stereocenters. The molecule has 3 saturated heterocycles. The Morgan fingerprint density at radius 2 is 1.88 bits per heavy atom. The number of carbonyl (C=O) groups is 3. The number of hydrogen-bond acceptors (Lipinski definition) is 11. The smallest absolute Gasteiger partial charge is 0.416 e. The fraction of sp³-hybridized carbons (Fsp3) is 0.576. The van der Waals surface area contributed by atoms with Crippen molar-refractivity contribution in [1.82, 2.24) is 29.7 Å². The van der Waals surface area contributed by atoms with E-state index in [0.29, 0.717) is 56.4 Å². The van der Waals surface area contributed by atoms with Crippen LogP contribution in [0.15, 0.2) is 6.20 Å². The summed E-state index contributed by atoms with van der Waals surface area (Å²) >= 11 is 0. The number of likely N-dealkylation sites (tertiary alicyclic amines) is 2. The number of nitrogens with zero attached hydrogens (tertiary/aromatic N) is 6. The standard InChI is InChI=1S/C33H38F2N8O7/c1-32(2,3)49-30(46)42-13-17(44)10-20(42)27-39-25-23(34)18-8-16(9-19(18)24(35)26(25)40-27)12-41-6-4-33(5-7-41)15-43(31(47)50-33)21-11-36-29-28(37-21)38-22(45)14-48-29/h11,16-17,20,44H,4-10,12-15H2,1-3H3,(H,39,40)(H,37,38,45)/t17-,20+/m1/s1. The predicted molar refractivity (Wildman–Crippen MR) is 172 cm³/mol. The first-order chi connectivity index (χ1) is 23.8. The third kappa shape index (κ3) is 5.75. The maximum absolute atomic E-state index is 16.0. The van der Waals surface area contributed by atoms with E-state index in [1.54, 1.807) is 20.8 Å². The van der Waals surface area contributed by atoms with Crippen molar-refractivity contribution in [2.45, 2.75) is 76.2 Å². The van der Waals surface area contributed by atoms with Crippen molar-refractivity contribution in [1.29, 1.82) is 0 Å². The number of amides is 3. The lowest BCUT2D eigenvalue weighted by atomic mass is 9.90. The lowest BCUT2D eigenvalue weighted by Crippen LogP contribution is -2.48. The first-order valence-electron chi connectivity index (χ1n) is 16.8. The molecule has 266 valence electrons. The number of β-amino-alcohol motifs (C(OH)–C–C–N with tert-alkyl or cyclic N) is 1. The molecule has 1 unspecified atom stereocenters. The summed E-state index contributed by atoms with van der Waals surface area (Å²) in [5.41, 5.74) is -0.988. The molecule has 0 bridgehead atoms. The van der Waals surface area contributed by atoms with Crippen LogP contribution in [0, 0.1) is 17.6 Å². The molecule has 3 fully saturated rings. The van der Waals surface area contributed by atoms with Gasteiger partial charge in [-0.1, -0.05) is 0 Å². The highest BCUT2D eigenvalue weighted by Crippen LogP contribution is 2.41. The van der Waals surface area contributed by atoms with Gasteiger partial charge in [0.2, 0.25) is 0 Å². The quantitative estimate of drug-likeness (QED) is 0.365. The van der Waals surface area contributed by atoms with Gasteiger partial charge >= 0.3 is 12.2 Å². The summed E-state index contributed by atoms with van der Waals surface area (Å²) in [6.07, 6.45) is 1.43. The van der Waals surface area contributed by atoms with Crippen molar-refractivity contribution in [3.63, 3.8) is 0 Å². The molecule has 2 aromatic heterocycles. The van der Waals surface area contributed by atoms with Crippen LogP contribution in [0.5, 0.6) is 5.88 Å². The molecule has 4 aliphatic heterocycles. The van der Waals surface area contributed by atoms with Crippen LogP contribution in [0.4, 0.5) is 30.0 Å². The molecule has 3 N–H and O–H groups in total. The molecule has 1 aromatic carbocycles. The first kappa shape index (κ1) is 32.6. The maximum atomic E-state index is 16.0. The number of fused-ring (bicyclic) bond motifs is 3. The molecule has 8 rings (SSSR count). The number of carbonyl (C=O) groups excluding carboxylic acids is 3. The molecule has 6 heterocycles. The van der Waals surface area contributed by atoms with Crippen LogP contribution in [0.1, 0.15) is 63.0 Å². The molecular formula is C33H38F2N8O7. The lowest BCUT2D eigenvalue weighted by molar-refractivity contribution is -0.118. The molecule has 0 saturated carbocycles. The van der Waals surface area contributed by atoms with Crippen molar-refractivity contribution < 1.29 is 42.5 Å². The number of benzene rings is 1. The third-order valence-electron chi connectivity index (χ3n) is 10.1. The first-order valence-corrected chi connectivity index (χ1v) is 16.8. The summed E-state index contributed by atoms with van der Waals surface area (Å²) in [6, 6.07) is -0.717. The average molecular weight is 697 g/mol. The molecule has 5 aliphatic rings. The fourth-order valence-corrected chi connectivity index (χ4v) is 7.78. The van der Waals surface area contributed by atoms with E-state index in [1.165, 1.54) is 16.0 Å². The van der Waals surface area contributed by atoms with E-state index in [0.717, 1.165) is 0 Å². The maximum Gasteiger partial charge on any atom is 0.416 e. The van der Waals surface area contributed by atoms with Crippen molar-refractivity contribution in [2.24, 2.45) is 5.92 Å². The number of ether oxygens (including phenoxy) is 3. The predicted octanol–water partition coefficient (Wildman–Crippen LogP) is 3.21. The van der Waals surface area contributed by atoms with Crippen LogP contribution in [0.2, 0.25) is 0 Å². The molecule has 50 heavy (non-hydrogen) atoms. The third-order valence-corrected chi connectivity index (χ3v) is 10.1. The highest BCUT2D eigenvalue weighted by atomic mass is 19.1. The number of imidazole rings is 1. The minimum absolute atomic E-state index is 0.0208. The van der Waals surface area contributed by atoms with Crippen LogP contribution in [-0.4, -0.2) is 110 Å². The fourth-order valence-electron chi connectivity index (χ4n) is 7.78. The Balaban J connectivity index is 0.918. The summed E-state index contributed by atoms with van der Waals surface area (Å²) in [5, 5.41) is 12.9. The Morgan fingerprint density at radius 3 is 2.62 bits per heavy atom. The number of nitrogens with one attached hydrogen (secondary N) is 2. The summed E-state index contributed by atoms with van der Waals surface area (Å²) in [4.78, 5) is 58.4. The largest absolute Gasteiger partial charge is 0.465 e. The lowest BCUT2D eigenvalue weighted by Gasteiger charge is -2.38. The zero-order valence-corrected chi connectivity index (χ0v) is 27.9. The van der Waals surface area contributed by atoms with Gasteiger partial charge in [-0.05, 0) is 50.7 Å². The Bertz CT molecular complexity index is 1860. The number of anilines is 2. The van der Waals surface area contributed by atoms with Gasteiger partial charge in [0.25, 0.3) is 11.8 Å². The summed E-state index contributed by atoms with van der Waals surface area (Å²) in [6.45, 7) is 7.25. The number of piperidine rings is 1. The molecule has 3 aromatic rings. The van der Waals surface area contributed by atoms with E-state index in [2.05, 4.69) is 30.2 Å². The van der Waals surface area contributed by atoms with Crippen LogP contribution in [0.25, 0.3) is 11.0 Å². The van der Waals surface area contributed by atoms with E-state index in [-0.39, 0.29) is 72.3 Å². The van der Waals surface area contributed by atoms with Crippen LogP contribution in [-0.2, 0) is 27.1 Å². The second-order valence-electron chi connectivity index (χ2n) is 14.9. The topological polar surface area (TPSA) is 175 Å². The second-order valence-corrected chi connectivity index (χ2v) is 14.9. The van der Waals surface area contributed by atoms with Gasteiger partial charge in [0.05, 0.1) is 31.4 Å². The minimum atomic E-state index is -0.824. The van der Waals surface area contributed by atoms with Gasteiger partial charge in [-0.3, -0.25) is 14.6 Å². The Morgan fingerprint density at radius 1 is 1.14 bits per heavy atom. The zero-order valence-electron chi connectivity index (χ0n) is 27.9. The highest BCUT2D eigenvalue weighted by molar-refractivity contribution is 5.95. The van der Waals surface area contributed by atoms with Gasteiger partial charge in [-0.25, -0.2) is 33.3 Å². The van der Waals surface area contributed by atoms with E-state index >= 15 is 8.78 Å². The molecule has 1 spiro atoms. The van der Waals surface area contributed by atoms with Crippen molar-refractivity contribution in [3.8, 4) is 5.88 Å². The number of hydrogen-bond donors (Lipinski definition) is 3. The Hall–Kier alpha value is -4.64. The summed E-state index contributed by atoms with van der Waals surface area (Å²) in [5.74, 6) is -0.702. The molecule has 17 heteroatoms. The number of aliphatic hydroxyl groups is 1. The highest BCUT2D eigenvalue weighted by Gasteiger charge is 2.49. The van der Waals surface area contributed by atoms with Gasteiger partial charge in [0.1, 0.15) is 28.1 Å². The van der Waals surface area contributed by atoms with Crippen molar-refractivity contribution in [2.75, 3.05) is 49.5 Å². The number of rotatable bonds is 4. The molecule has 0 radical (unpaired) electrons. The Labute approximate surface area is 285 Å².